The molecule has 0 aliphatic rings. The van der Waals surface area contributed by atoms with E-state index in [2.05, 4.69) is 4.98 Å². The van der Waals surface area contributed by atoms with Crippen LogP contribution in [-0.2, 0) is 0 Å². The molecule has 0 atom stereocenters. The van der Waals surface area contributed by atoms with Gasteiger partial charge < -0.3 is 9.52 Å². The molecule has 1 aromatic heterocycles. The lowest BCUT2D eigenvalue weighted by atomic mass is 10.2. The van der Waals surface area contributed by atoms with Gasteiger partial charge >= 0.3 is 11.9 Å². The maximum Gasteiger partial charge on any atom is 0.392 e. The zero-order chi connectivity index (χ0) is 10.8. The van der Waals surface area contributed by atoms with Gasteiger partial charge in [-0.05, 0) is 12.1 Å². The van der Waals surface area contributed by atoms with Gasteiger partial charge in [0.1, 0.15) is 5.82 Å². The molecule has 0 bridgehead atoms. The number of oxazole rings is 1. The number of hydrogen-bond acceptors (Lipinski definition) is 3. The summed E-state index contributed by atoms with van der Waals surface area (Å²) in [6.45, 7) is 0. The Morgan fingerprint density at radius 2 is 2.13 bits per heavy atom. The predicted octanol–water partition coefficient (Wildman–Crippen LogP) is 2.18. The van der Waals surface area contributed by atoms with Gasteiger partial charge in [0.2, 0.25) is 0 Å². The van der Waals surface area contributed by atoms with Crippen molar-refractivity contribution in [3.05, 3.63) is 42.2 Å². The van der Waals surface area contributed by atoms with Crippen LogP contribution in [0.2, 0.25) is 0 Å². The van der Waals surface area contributed by atoms with E-state index in [0.717, 1.165) is 0 Å². The van der Waals surface area contributed by atoms with Crippen LogP contribution in [0, 0.1) is 5.82 Å². The molecule has 1 heterocycles. The second-order valence-electron chi connectivity index (χ2n) is 2.81. The molecule has 4 nitrogen and oxygen atoms in total. The van der Waals surface area contributed by atoms with Crippen LogP contribution in [0.3, 0.4) is 0 Å². The molecule has 0 saturated heterocycles. The molecule has 2 aromatic rings. The van der Waals surface area contributed by atoms with Gasteiger partial charge in [0.05, 0.1) is 11.8 Å². The van der Waals surface area contributed by atoms with Gasteiger partial charge in [-0.3, -0.25) is 0 Å². The summed E-state index contributed by atoms with van der Waals surface area (Å²) in [7, 11) is 0. The van der Waals surface area contributed by atoms with Gasteiger partial charge in [-0.1, -0.05) is 12.1 Å². The Morgan fingerprint density at radius 3 is 2.73 bits per heavy atom. The summed E-state index contributed by atoms with van der Waals surface area (Å²) in [6.07, 6.45) is 1.18. The van der Waals surface area contributed by atoms with Gasteiger partial charge in [0, 0.05) is 0 Å². The minimum Gasteiger partial charge on any atom is -0.474 e. The highest BCUT2D eigenvalue weighted by molar-refractivity contribution is 5.82. The fraction of sp³-hybridized carbons (Fsp3) is 0. The van der Waals surface area contributed by atoms with E-state index in [9.17, 15) is 9.18 Å². The van der Waals surface area contributed by atoms with Crippen LogP contribution in [-0.4, -0.2) is 16.1 Å². The highest BCUT2D eigenvalue weighted by Gasteiger charge is 2.14. The molecule has 0 saturated carbocycles. The molecular formula is C10H6FNO3. The summed E-state index contributed by atoms with van der Waals surface area (Å²) >= 11 is 0. The van der Waals surface area contributed by atoms with E-state index in [1.807, 2.05) is 0 Å². The van der Waals surface area contributed by atoms with E-state index < -0.39 is 17.7 Å². The van der Waals surface area contributed by atoms with Crippen molar-refractivity contribution in [3.63, 3.8) is 0 Å². The first-order valence-corrected chi connectivity index (χ1v) is 4.12. The van der Waals surface area contributed by atoms with Crippen molar-refractivity contribution >= 4 is 5.97 Å². The Morgan fingerprint density at radius 1 is 1.40 bits per heavy atom. The third kappa shape index (κ3) is 1.71. The summed E-state index contributed by atoms with van der Waals surface area (Å²) in [5.41, 5.74) is 0.192. The Balaban J connectivity index is 2.46. The van der Waals surface area contributed by atoms with Crippen LogP contribution in [0.25, 0.3) is 11.3 Å². The number of hydrogen-bond donors (Lipinski definition) is 1. The molecule has 0 aliphatic heterocycles. The lowest BCUT2D eigenvalue weighted by Gasteiger charge is -1.96. The highest BCUT2D eigenvalue weighted by Crippen LogP contribution is 2.22. The minimum atomic E-state index is -1.28. The number of aromatic nitrogens is 1. The molecule has 0 unspecified atom stereocenters. The number of carbonyl (C=O) groups is 1. The Labute approximate surface area is 84.0 Å². The lowest BCUT2D eigenvalue weighted by molar-refractivity contribution is 0.0654. The van der Waals surface area contributed by atoms with Gasteiger partial charge in [0.15, 0.2) is 5.76 Å². The van der Waals surface area contributed by atoms with E-state index in [0.29, 0.717) is 0 Å². The third-order valence-corrected chi connectivity index (χ3v) is 1.83. The van der Waals surface area contributed by atoms with Crippen molar-refractivity contribution in [2.24, 2.45) is 0 Å². The average Bonchev–Trinajstić information content (AvgIpc) is 2.67. The van der Waals surface area contributed by atoms with Crippen molar-refractivity contribution in [1.29, 1.82) is 0 Å². The second-order valence-corrected chi connectivity index (χ2v) is 2.81. The molecule has 0 spiro atoms. The number of benzene rings is 1. The Bertz CT molecular complexity index is 507. The van der Waals surface area contributed by atoms with Gasteiger partial charge in [-0.15, -0.1) is 0 Å². The van der Waals surface area contributed by atoms with Crippen LogP contribution in [0.1, 0.15) is 10.7 Å². The molecule has 76 valence electrons. The molecule has 1 N–H and O–H groups in total. The van der Waals surface area contributed by atoms with E-state index in [4.69, 9.17) is 9.52 Å². The first-order valence-electron chi connectivity index (χ1n) is 4.12. The predicted molar refractivity (Wildman–Crippen MR) is 48.9 cm³/mol. The van der Waals surface area contributed by atoms with Crippen molar-refractivity contribution in [2.45, 2.75) is 0 Å². The fourth-order valence-electron chi connectivity index (χ4n) is 1.16. The van der Waals surface area contributed by atoms with Crippen LogP contribution < -0.4 is 0 Å². The quantitative estimate of drug-likeness (QED) is 0.819. The first kappa shape index (κ1) is 9.39. The normalized spacial score (nSPS) is 10.2. The zero-order valence-electron chi connectivity index (χ0n) is 7.48. The molecule has 0 aliphatic carbocycles. The van der Waals surface area contributed by atoms with Gasteiger partial charge in [-0.2, -0.15) is 0 Å². The highest BCUT2D eigenvalue weighted by atomic mass is 19.1. The number of carboxylic acid groups (broad SMARTS) is 1. The van der Waals surface area contributed by atoms with Crippen LogP contribution in [0.5, 0.6) is 0 Å². The van der Waals surface area contributed by atoms with Crippen molar-refractivity contribution in [3.8, 4) is 11.3 Å². The third-order valence-electron chi connectivity index (χ3n) is 1.83. The SMILES string of the molecule is O=C(O)c1ncc(-c2ccccc2F)o1. The van der Waals surface area contributed by atoms with Crippen LogP contribution in [0.4, 0.5) is 4.39 Å². The van der Waals surface area contributed by atoms with E-state index in [1.165, 1.54) is 24.4 Å². The first-order chi connectivity index (χ1) is 7.18. The van der Waals surface area contributed by atoms with Gasteiger partial charge in [0.25, 0.3) is 0 Å². The largest absolute Gasteiger partial charge is 0.474 e. The van der Waals surface area contributed by atoms with E-state index in [-0.39, 0.29) is 11.3 Å². The molecule has 0 fully saturated rings. The number of halogens is 1. The summed E-state index contributed by atoms with van der Waals surface area (Å²) in [6, 6.07) is 5.91. The maximum atomic E-state index is 13.3. The Kier molecular flexibility index (Phi) is 2.21. The minimum absolute atomic E-state index is 0.102. The Hall–Kier alpha value is -2.17. The van der Waals surface area contributed by atoms with Crippen molar-refractivity contribution < 1.29 is 18.7 Å². The molecule has 0 radical (unpaired) electrons. The number of carboxylic acids is 1. The van der Waals surface area contributed by atoms with Crippen molar-refractivity contribution in [2.75, 3.05) is 0 Å². The van der Waals surface area contributed by atoms with E-state index >= 15 is 0 Å². The molecule has 0 amide bonds. The molecule has 1 aromatic carbocycles. The lowest BCUT2D eigenvalue weighted by Crippen LogP contribution is -1.94. The summed E-state index contributed by atoms with van der Waals surface area (Å²) in [4.78, 5) is 14.0. The number of nitrogens with zero attached hydrogens (tertiary/aromatic N) is 1. The zero-order valence-corrected chi connectivity index (χ0v) is 7.48. The number of aromatic carboxylic acids is 1. The molecule has 2 rings (SSSR count). The summed E-state index contributed by atoms with van der Waals surface area (Å²) in [5, 5.41) is 8.56. The fourth-order valence-corrected chi connectivity index (χ4v) is 1.16. The second kappa shape index (κ2) is 3.53. The topological polar surface area (TPSA) is 63.3 Å². The van der Waals surface area contributed by atoms with Gasteiger partial charge in [-0.25, -0.2) is 14.2 Å². The molecular weight excluding hydrogens is 201 g/mol. The van der Waals surface area contributed by atoms with Crippen LogP contribution in [0.15, 0.2) is 34.9 Å². The van der Waals surface area contributed by atoms with Crippen LogP contribution >= 0.6 is 0 Å². The number of rotatable bonds is 2. The molecule has 5 heteroatoms. The smallest absolute Gasteiger partial charge is 0.392 e. The average molecular weight is 207 g/mol. The molecule has 15 heavy (non-hydrogen) atoms. The monoisotopic (exact) mass is 207 g/mol. The summed E-state index contributed by atoms with van der Waals surface area (Å²) < 4.78 is 18.1. The standard InChI is InChI=1S/C10H6FNO3/c11-7-4-2-1-3-6(7)8-5-12-9(15-8)10(13)14/h1-5H,(H,13,14). The van der Waals surface area contributed by atoms with E-state index in [1.54, 1.807) is 6.07 Å². The van der Waals surface area contributed by atoms with Crippen molar-refractivity contribution in [1.82, 2.24) is 4.98 Å². The summed E-state index contributed by atoms with van der Waals surface area (Å²) in [5.74, 6) is -2.11. The maximum absolute atomic E-state index is 13.3.